The summed E-state index contributed by atoms with van der Waals surface area (Å²) < 4.78 is 5.97. The van der Waals surface area contributed by atoms with Crippen molar-refractivity contribution in [1.82, 2.24) is 0 Å². The second-order valence-corrected chi connectivity index (χ2v) is 4.92. The van der Waals surface area contributed by atoms with Crippen molar-refractivity contribution in [2.75, 3.05) is 0 Å². The SMILES string of the molecule is CCC(CC)Oc1ccc2c(c1)[C@@H](N)CCC2. The van der Waals surface area contributed by atoms with Gasteiger partial charge in [0.25, 0.3) is 0 Å². The van der Waals surface area contributed by atoms with Crippen molar-refractivity contribution in [1.29, 1.82) is 0 Å². The highest BCUT2D eigenvalue weighted by atomic mass is 16.5. The molecule has 0 saturated heterocycles. The molecule has 2 N–H and O–H groups in total. The van der Waals surface area contributed by atoms with Crippen LogP contribution < -0.4 is 10.5 Å². The van der Waals surface area contributed by atoms with Gasteiger partial charge in [0.05, 0.1) is 6.10 Å². The highest BCUT2D eigenvalue weighted by molar-refractivity contribution is 5.39. The van der Waals surface area contributed by atoms with Crippen molar-refractivity contribution in [3.8, 4) is 5.75 Å². The first-order valence-corrected chi connectivity index (χ1v) is 6.79. The average Bonchev–Trinajstić information content (AvgIpc) is 2.37. The Hall–Kier alpha value is -1.02. The molecule has 17 heavy (non-hydrogen) atoms. The van der Waals surface area contributed by atoms with Gasteiger partial charge in [0.2, 0.25) is 0 Å². The van der Waals surface area contributed by atoms with Crippen LogP contribution in [0.4, 0.5) is 0 Å². The molecule has 94 valence electrons. The van der Waals surface area contributed by atoms with Crippen molar-refractivity contribution < 1.29 is 4.74 Å². The van der Waals surface area contributed by atoms with Gasteiger partial charge in [-0.25, -0.2) is 0 Å². The molecule has 2 rings (SSSR count). The van der Waals surface area contributed by atoms with Crippen LogP contribution >= 0.6 is 0 Å². The van der Waals surface area contributed by atoms with E-state index in [4.69, 9.17) is 10.5 Å². The maximum atomic E-state index is 6.16. The van der Waals surface area contributed by atoms with Crippen LogP contribution in [0.25, 0.3) is 0 Å². The van der Waals surface area contributed by atoms with Crippen molar-refractivity contribution in [2.45, 2.75) is 58.1 Å². The van der Waals surface area contributed by atoms with E-state index in [0.717, 1.165) is 31.4 Å². The Balaban J connectivity index is 2.17. The molecule has 1 aromatic carbocycles. The van der Waals surface area contributed by atoms with Crippen LogP contribution in [0.15, 0.2) is 18.2 Å². The van der Waals surface area contributed by atoms with E-state index >= 15 is 0 Å². The van der Waals surface area contributed by atoms with E-state index in [9.17, 15) is 0 Å². The minimum Gasteiger partial charge on any atom is -0.490 e. The Kier molecular flexibility index (Phi) is 4.06. The van der Waals surface area contributed by atoms with Gasteiger partial charge < -0.3 is 10.5 Å². The fourth-order valence-corrected chi connectivity index (χ4v) is 2.53. The highest BCUT2D eigenvalue weighted by Gasteiger charge is 2.17. The Morgan fingerprint density at radius 2 is 2.12 bits per heavy atom. The standard InChI is InChI=1S/C15H23NO/c1-3-12(4-2)17-13-9-8-11-6-5-7-15(16)14(11)10-13/h8-10,12,15H,3-7,16H2,1-2H3/t15-/m0/s1. The summed E-state index contributed by atoms with van der Waals surface area (Å²) in [6.07, 6.45) is 5.91. The summed E-state index contributed by atoms with van der Waals surface area (Å²) in [6.45, 7) is 4.33. The third-order valence-electron chi connectivity index (χ3n) is 3.69. The third-order valence-corrected chi connectivity index (χ3v) is 3.69. The quantitative estimate of drug-likeness (QED) is 0.862. The molecular formula is C15H23NO. The van der Waals surface area contributed by atoms with Gasteiger partial charge in [-0.15, -0.1) is 0 Å². The predicted molar refractivity (Wildman–Crippen MR) is 71.3 cm³/mol. The molecule has 1 atom stereocenters. The lowest BCUT2D eigenvalue weighted by Gasteiger charge is -2.24. The number of ether oxygens (including phenoxy) is 1. The smallest absolute Gasteiger partial charge is 0.120 e. The second-order valence-electron chi connectivity index (χ2n) is 4.92. The summed E-state index contributed by atoms with van der Waals surface area (Å²) in [5.41, 5.74) is 8.85. The predicted octanol–water partition coefficient (Wildman–Crippen LogP) is 3.59. The molecule has 1 aliphatic rings. The van der Waals surface area contributed by atoms with E-state index in [2.05, 4.69) is 32.0 Å². The van der Waals surface area contributed by atoms with E-state index in [1.165, 1.54) is 17.5 Å². The zero-order chi connectivity index (χ0) is 12.3. The van der Waals surface area contributed by atoms with Gasteiger partial charge in [-0.3, -0.25) is 0 Å². The van der Waals surface area contributed by atoms with Gasteiger partial charge in [-0.1, -0.05) is 19.9 Å². The monoisotopic (exact) mass is 233 g/mol. The third kappa shape index (κ3) is 2.81. The summed E-state index contributed by atoms with van der Waals surface area (Å²) in [5, 5.41) is 0. The fourth-order valence-electron chi connectivity index (χ4n) is 2.53. The lowest BCUT2D eigenvalue weighted by molar-refractivity contribution is 0.192. The molecule has 0 fully saturated rings. The zero-order valence-electron chi connectivity index (χ0n) is 10.9. The number of aryl methyl sites for hydroxylation is 1. The lowest BCUT2D eigenvalue weighted by atomic mass is 9.88. The summed E-state index contributed by atoms with van der Waals surface area (Å²) in [5.74, 6) is 0.981. The summed E-state index contributed by atoms with van der Waals surface area (Å²) in [7, 11) is 0. The topological polar surface area (TPSA) is 35.2 Å². The first-order chi connectivity index (χ1) is 8.24. The van der Waals surface area contributed by atoms with Crippen molar-refractivity contribution in [3.63, 3.8) is 0 Å². The van der Waals surface area contributed by atoms with E-state index in [-0.39, 0.29) is 6.04 Å². The number of nitrogens with two attached hydrogens (primary N) is 1. The molecule has 2 heteroatoms. The maximum Gasteiger partial charge on any atom is 0.120 e. The molecule has 0 spiro atoms. The molecule has 1 aliphatic carbocycles. The first kappa shape index (κ1) is 12.4. The van der Waals surface area contributed by atoms with Gasteiger partial charge in [0.15, 0.2) is 0 Å². The van der Waals surface area contributed by atoms with Crippen LogP contribution in [0.2, 0.25) is 0 Å². The molecule has 0 heterocycles. The zero-order valence-corrected chi connectivity index (χ0v) is 10.9. The van der Waals surface area contributed by atoms with Crippen LogP contribution in [-0.2, 0) is 6.42 Å². The minimum atomic E-state index is 0.198. The molecular weight excluding hydrogens is 210 g/mol. The Bertz CT molecular complexity index is 371. The molecule has 0 unspecified atom stereocenters. The van der Waals surface area contributed by atoms with E-state index in [1.54, 1.807) is 0 Å². The van der Waals surface area contributed by atoms with Crippen LogP contribution in [-0.4, -0.2) is 6.10 Å². The number of hydrogen-bond acceptors (Lipinski definition) is 2. The molecule has 0 radical (unpaired) electrons. The van der Waals surface area contributed by atoms with E-state index in [1.807, 2.05) is 0 Å². The summed E-state index contributed by atoms with van der Waals surface area (Å²) in [6, 6.07) is 6.63. The van der Waals surface area contributed by atoms with Gasteiger partial charge in [0.1, 0.15) is 5.75 Å². The van der Waals surface area contributed by atoms with Crippen molar-refractivity contribution in [2.24, 2.45) is 5.73 Å². The normalized spacial score (nSPS) is 19.2. The number of benzene rings is 1. The van der Waals surface area contributed by atoms with Gasteiger partial charge in [-0.05, 0) is 55.4 Å². The molecule has 1 aromatic rings. The van der Waals surface area contributed by atoms with E-state index < -0.39 is 0 Å². The minimum absolute atomic E-state index is 0.198. The van der Waals surface area contributed by atoms with Crippen LogP contribution in [0, 0.1) is 0 Å². The number of fused-ring (bicyclic) bond motifs is 1. The highest BCUT2D eigenvalue weighted by Crippen LogP contribution is 2.31. The Morgan fingerprint density at radius 3 is 2.82 bits per heavy atom. The molecule has 0 aliphatic heterocycles. The van der Waals surface area contributed by atoms with Gasteiger partial charge in [-0.2, -0.15) is 0 Å². The summed E-state index contributed by atoms with van der Waals surface area (Å²) >= 11 is 0. The molecule has 0 bridgehead atoms. The lowest BCUT2D eigenvalue weighted by Crippen LogP contribution is -2.18. The fraction of sp³-hybridized carbons (Fsp3) is 0.600. The largest absolute Gasteiger partial charge is 0.490 e. The Morgan fingerprint density at radius 1 is 1.35 bits per heavy atom. The Labute approximate surface area is 104 Å². The second kappa shape index (κ2) is 5.54. The molecule has 2 nitrogen and oxygen atoms in total. The molecule has 0 saturated carbocycles. The van der Waals surface area contributed by atoms with Crippen molar-refractivity contribution in [3.05, 3.63) is 29.3 Å². The number of rotatable bonds is 4. The van der Waals surface area contributed by atoms with Crippen LogP contribution in [0.3, 0.4) is 0 Å². The average molecular weight is 233 g/mol. The van der Waals surface area contributed by atoms with Gasteiger partial charge in [0, 0.05) is 6.04 Å². The maximum absolute atomic E-state index is 6.16. The summed E-state index contributed by atoms with van der Waals surface area (Å²) in [4.78, 5) is 0. The molecule has 0 amide bonds. The van der Waals surface area contributed by atoms with Crippen molar-refractivity contribution >= 4 is 0 Å². The van der Waals surface area contributed by atoms with Crippen LogP contribution in [0.5, 0.6) is 5.75 Å². The van der Waals surface area contributed by atoms with Gasteiger partial charge >= 0.3 is 0 Å². The number of hydrogen-bond donors (Lipinski definition) is 1. The molecule has 0 aromatic heterocycles. The van der Waals surface area contributed by atoms with E-state index in [0.29, 0.717) is 6.10 Å². The van der Waals surface area contributed by atoms with Crippen LogP contribution in [0.1, 0.15) is 56.7 Å². The first-order valence-electron chi connectivity index (χ1n) is 6.79.